The lowest BCUT2D eigenvalue weighted by Crippen LogP contribution is -2.63. The van der Waals surface area contributed by atoms with Gasteiger partial charge in [0.15, 0.2) is 5.89 Å². The monoisotopic (exact) mass is 308 g/mol. The fourth-order valence-corrected chi connectivity index (χ4v) is 2.83. The molecule has 122 valence electrons. The quantitative estimate of drug-likeness (QED) is 0.788. The molecule has 1 fully saturated rings. The summed E-state index contributed by atoms with van der Waals surface area (Å²) >= 11 is 0. The van der Waals surface area contributed by atoms with Crippen LogP contribution in [0.4, 0.5) is 4.79 Å². The molecule has 1 aliphatic heterocycles. The van der Waals surface area contributed by atoms with E-state index in [0.717, 1.165) is 0 Å². The first-order chi connectivity index (χ1) is 10.1. The van der Waals surface area contributed by atoms with E-state index in [1.807, 2.05) is 13.8 Å². The maximum Gasteiger partial charge on any atom is 0.319 e. The van der Waals surface area contributed by atoms with Gasteiger partial charge in [-0.3, -0.25) is 4.79 Å². The topological polar surface area (TPSA) is 69.9 Å². The van der Waals surface area contributed by atoms with Gasteiger partial charge in [0.25, 0.3) is 5.91 Å². The van der Waals surface area contributed by atoms with Crippen LogP contribution in [0.2, 0.25) is 0 Å². The Kier molecular flexibility index (Phi) is 4.17. The molecule has 0 aromatic carbocycles. The number of carbonyl (C=O) groups excluding carboxylic acids is 2. The third-order valence-electron chi connectivity index (χ3n) is 3.90. The first-order valence-corrected chi connectivity index (χ1v) is 7.35. The molecule has 0 bridgehead atoms. The molecule has 0 unspecified atom stereocenters. The fraction of sp³-hybridized carbons (Fsp3) is 0.667. The summed E-state index contributed by atoms with van der Waals surface area (Å²) in [5.41, 5.74) is 0.138. The second kappa shape index (κ2) is 5.62. The summed E-state index contributed by atoms with van der Waals surface area (Å²) in [6.45, 7) is 8.88. The molecule has 1 aromatic heterocycles. The summed E-state index contributed by atoms with van der Waals surface area (Å²) in [5.74, 6) is 0.609. The lowest BCUT2D eigenvalue weighted by Gasteiger charge is -2.47. The zero-order chi connectivity index (χ0) is 16.7. The number of nitrogens with zero attached hydrogens (tertiary/aromatic N) is 4. The van der Waals surface area contributed by atoms with Crippen molar-refractivity contribution in [1.29, 1.82) is 0 Å². The Morgan fingerprint density at radius 3 is 2.32 bits per heavy atom. The van der Waals surface area contributed by atoms with Crippen molar-refractivity contribution in [2.45, 2.75) is 33.2 Å². The van der Waals surface area contributed by atoms with E-state index in [4.69, 9.17) is 4.42 Å². The van der Waals surface area contributed by atoms with Gasteiger partial charge in [-0.2, -0.15) is 0 Å². The minimum Gasteiger partial charge on any atom is -0.436 e. The van der Waals surface area contributed by atoms with Gasteiger partial charge in [0.05, 0.1) is 11.2 Å². The molecule has 1 aliphatic rings. The Bertz CT molecular complexity index is 592. The third-order valence-corrected chi connectivity index (χ3v) is 3.90. The van der Waals surface area contributed by atoms with Crippen molar-refractivity contribution in [3.8, 4) is 0 Å². The predicted octanol–water partition coefficient (Wildman–Crippen LogP) is 1.51. The average molecular weight is 308 g/mol. The zero-order valence-electron chi connectivity index (χ0n) is 14.1. The fourth-order valence-electron chi connectivity index (χ4n) is 2.83. The minimum absolute atomic E-state index is 0.0353. The highest BCUT2D eigenvalue weighted by Crippen LogP contribution is 2.25. The molecule has 0 N–H and O–H groups in total. The molecular formula is C15H24N4O3. The summed E-state index contributed by atoms with van der Waals surface area (Å²) in [7, 11) is 3.46. The smallest absolute Gasteiger partial charge is 0.319 e. The number of carbonyl (C=O) groups is 2. The van der Waals surface area contributed by atoms with Crippen molar-refractivity contribution >= 4 is 11.9 Å². The van der Waals surface area contributed by atoms with Crippen molar-refractivity contribution < 1.29 is 14.0 Å². The van der Waals surface area contributed by atoms with Crippen LogP contribution < -0.4 is 0 Å². The van der Waals surface area contributed by atoms with Crippen molar-refractivity contribution in [2.75, 3.05) is 33.7 Å². The number of aromatic nitrogens is 1. The SMILES string of the molecule is Cc1nc(C)c(C(=O)N2CCN(C(=O)N(C)C)CC2(C)C)o1. The van der Waals surface area contributed by atoms with E-state index in [1.54, 1.807) is 42.6 Å². The number of piperazine rings is 1. The summed E-state index contributed by atoms with van der Waals surface area (Å²) in [6, 6.07) is -0.0353. The average Bonchev–Trinajstić information content (AvgIpc) is 2.74. The van der Waals surface area contributed by atoms with E-state index in [2.05, 4.69) is 4.98 Å². The van der Waals surface area contributed by atoms with Gasteiger partial charge in [-0.1, -0.05) is 0 Å². The zero-order valence-corrected chi connectivity index (χ0v) is 14.1. The van der Waals surface area contributed by atoms with Gasteiger partial charge in [0, 0.05) is 40.7 Å². The molecule has 0 aliphatic carbocycles. The highest BCUT2D eigenvalue weighted by atomic mass is 16.4. The van der Waals surface area contributed by atoms with E-state index in [-0.39, 0.29) is 17.7 Å². The minimum atomic E-state index is -0.464. The standard InChI is InChI=1S/C15H24N4O3/c1-10-12(22-11(2)16-10)13(20)19-8-7-18(9-15(19,3)4)14(21)17(5)6/h7-9H2,1-6H3. The second-order valence-corrected chi connectivity index (χ2v) is 6.52. The molecule has 22 heavy (non-hydrogen) atoms. The van der Waals surface area contributed by atoms with Crippen molar-refractivity contribution in [3.05, 3.63) is 17.3 Å². The van der Waals surface area contributed by atoms with E-state index in [9.17, 15) is 9.59 Å². The van der Waals surface area contributed by atoms with E-state index in [0.29, 0.717) is 31.2 Å². The van der Waals surface area contributed by atoms with E-state index >= 15 is 0 Å². The van der Waals surface area contributed by atoms with Crippen LogP contribution in [0.15, 0.2) is 4.42 Å². The third kappa shape index (κ3) is 2.93. The molecule has 7 nitrogen and oxygen atoms in total. The van der Waals surface area contributed by atoms with Crippen LogP contribution in [0.5, 0.6) is 0 Å². The van der Waals surface area contributed by atoms with Gasteiger partial charge in [-0.15, -0.1) is 0 Å². The van der Waals surface area contributed by atoms with Crippen LogP contribution in [0.25, 0.3) is 0 Å². The summed E-state index contributed by atoms with van der Waals surface area (Å²) < 4.78 is 5.44. The van der Waals surface area contributed by atoms with Gasteiger partial charge < -0.3 is 19.1 Å². The highest BCUT2D eigenvalue weighted by Gasteiger charge is 2.40. The van der Waals surface area contributed by atoms with Crippen LogP contribution in [-0.2, 0) is 0 Å². The molecule has 7 heteroatoms. The van der Waals surface area contributed by atoms with Crippen molar-refractivity contribution in [3.63, 3.8) is 0 Å². The Labute approximate surface area is 130 Å². The number of oxazole rings is 1. The maximum absolute atomic E-state index is 12.7. The molecule has 0 saturated carbocycles. The van der Waals surface area contributed by atoms with Crippen LogP contribution in [0, 0.1) is 13.8 Å². The molecule has 1 aromatic rings. The first kappa shape index (κ1) is 16.3. The van der Waals surface area contributed by atoms with Gasteiger partial charge in [-0.25, -0.2) is 9.78 Å². The van der Waals surface area contributed by atoms with Gasteiger partial charge in [0.1, 0.15) is 0 Å². The van der Waals surface area contributed by atoms with Crippen LogP contribution in [-0.4, -0.2) is 70.9 Å². The Morgan fingerprint density at radius 2 is 1.86 bits per heavy atom. The van der Waals surface area contributed by atoms with E-state index in [1.165, 1.54) is 0 Å². The van der Waals surface area contributed by atoms with Crippen LogP contribution in [0.3, 0.4) is 0 Å². The highest BCUT2D eigenvalue weighted by molar-refractivity contribution is 5.93. The number of rotatable bonds is 1. The van der Waals surface area contributed by atoms with Crippen LogP contribution >= 0.6 is 0 Å². The lowest BCUT2D eigenvalue weighted by atomic mass is 9.98. The van der Waals surface area contributed by atoms with Crippen LogP contribution in [0.1, 0.15) is 36.0 Å². The van der Waals surface area contributed by atoms with Crippen molar-refractivity contribution in [1.82, 2.24) is 19.7 Å². The summed E-state index contributed by atoms with van der Waals surface area (Å²) in [5, 5.41) is 0. The lowest BCUT2D eigenvalue weighted by molar-refractivity contribution is 0.0215. The molecule has 0 atom stereocenters. The number of urea groups is 1. The Balaban J connectivity index is 2.19. The van der Waals surface area contributed by atoms with E-state index < -0.39 is 5.54 Å². The Hall–Kier alpha value is -2.05. The number of hydrogen-bond acceptors (Lipinski definition) is 4. The number of hydrogen-bond donors (Lipinski definition) is 0. The normalized spacial score (nSPS) is 17.5. The summed E-state index contributed by atoms with van der Waals surface area (Å²) in [4.78, 5) is 34.1. The second-order valence-electron chi connectivity index (χ2n) is 6.52. The molecule has 1 saturated heterocycles. The van der Waals surface area contributed by atoms with Gasteiger partial charge in [0.2, 0.25) is 5.76 Å². The van der Waals surface area contributed by atoms with Gasteiger partial charge >= 0.3 is 6.03 Å². The predicted molar refractivity (Wildman–Crippen MR) is 81.7 cm³/mol. The largest absolute Gasteiger partial charge is 0.436 e. The molecule has 0 radical (unpaired) electrons. The number of aryl methyl sites for hydroxylation is 2. The maximum atomic E-state index is 12.7. The molecule has 0 spiro atoms. The Morgan fingerprint density at radius 1 is 1.23 bits per heavy atom. The molecule has 2 rings (SSSR count). The molecular weight excluding hydrogens is 284 g/mol. The molecule has 2 heterocycles. The molecule has 3 amide bonds. The summed E-state index contributed by atoms with van der Waals surface area (Å²) in [6.07, 6.45) is 0. The number of amides is 3. The van der Waals surface area contributed by atoms with Crippen molar-refractivity contribution in [2.24, 2.45) is 0 Å². The van der Waals surface area contributed by atoms with Gasteiger partial charge in [-0.05, 0) is 20.8 Å². The first-order valence-electron chi connectivity index (χ1n) is 7.35.